The van der Waals surface area contributed by atoms with Gasteiger partial charge in [0.05, 0.1) is 22.3 Å². The number of nitrogens with zero attached hydrogens (tertiary/aromatic N) is 2. The summed E-state index contributed by atoms with van der Waals surface area (Å²) in [4.78, 5) is 48.7. The van der Waals surface area contributed by atoms with Gasteiger partial charge in [0.15, 0.2) is 0 Å². The third-order valence-corrected chi connectivity index (χ3v) is 7.96. The molecule has 0 bridgehead atoms. The molecule has 0 aliphatic rings. The van der Waals surface area contributed by atoms with Crippen molar-refractivity contribution in [2.45, 2.75) is 18.6 Å². The molecule has 0 aliphatic heterocycles. The highest BCUT2D eigenvalue weighted by molar-refractivity contribution is 6.08. The van der Waals surface area contributed by atoms with Crippen molar-refractivity contribution >= 4 is 34.4 Å². The van der Waals surface area contributed by atoms with Crippen molar-refractivity contribution in [3.05, 3.63) is 161 Å². The molecule has 0 aliphatic carbocycles. The standard InChI is InChI=1S/C39H30F3N5O3/c40-39(41,42)30-17-13-27(14-18-30)34-31(12-7-22-43-34)37(49)46-33-20-16-28-24-29(15-19-32(28)45-33)36(48)47-35(26-10-5-2-6-11-26)38(50)44-23-21-25-8-3-1-4-9-25/h1-20,22,24,35H,21,23H2,(H,44,50)(H,47,48)(H,45,46,49)/t35-/m0/s1. The average molecular weight is 674 g/mol. The normalized spacial score (nSPS) is 11.8. The van der Waals surface area contributed by atoms with Crippen molar-refractivity contribution < 1.29 is 27.6 Å². The van der Waals surface area contributed by atoms with Crippen molar-refractivity contribution in [2.75, 3.05) is 11.9 Å². The summed E-state index contributed by atoms with van der Waals surface area (Å²) < 4.78 is 39.1. The SMILES string of the molecule is O=C(N[C@H](C(=O)NCCc1ccccc1)c1ccccc1)c1ccc2nc(NC(=O)c3cccnc3-c3ccc(C(F)(F)F)cc3)ccc2c1. The minimum atomic E-state index is -4.49. The number of hydrogen-bond donors (Lipinski definition) is 3. The van der Waals surface area contributed by atoms with Gasteiger partial charge in [0.2, 0.25) is 5.91 Å². The van der Waals surface area contributed by atoms with E-state index in [1.54, 1.807) is 60.7 Å². The summed E-state index contributed by atoms with van der Waals surface area (Å²) in [5.41, 5.74) is 2.43. The number of anilines is 1. The van der Waals surface area contributed by atoms with Crippen LogP contribution in [0.25, 0.3) is 22.2 Å². The number of nitrogens with one attached hydrogen (secondary N) is 3. The van der Waals surface area contributed by atoms with E-state index in [1.165, 1.54) is 24.4 Å². The number of benzene rings is 4. The molecule has 11 heteroatoms. The summed E-state index contributed by atoms with van der Waals surface area (Å²) in [5.74, 6) is -1.12. The van der Waals surface area contributed by atoms with Crippen molar-refractivity contribution in [1.29, 1.82) is 0 Å². The van der Waals surface area contributed by atoms with Gasteiger partial charge in [0, 0.05) is 29.3 Å². The first-order chi connectivity index (χ1) is 24.2. The lowest BCUT2D eigenvalue weighted by molar-refractivity contribution is -0.137. The molecule has 4 aromatic carbocycles. The van der Waals surface area contributed by atoms with Gasteiger partial charge in [-0.15, -0.1) is 0 Å². The summed E-state index contributed by atoms with van der Waals surface area (Å²) >= 11 is 0. The second-order valence-electron chi connectivity index (χ2n) is 11.4. The summed E-state index contributed by atoms with van der Waals surface area (Å²) in [7, 11) is 0. The smallest absolute Gasteiger partial charge is 0.354 e. The quantitative estimate of drug-likeness (QED) is 0.140. The maximum atomic E-state index is 13.4. The van der Waals surface area contributed by atoms with Crippen LogP contribution in [-0.2, 0) is 17.4 Å². The number of pyridine rings is 2. The second-order valence-corrected chi connectivity index (χ2v) is 11.4. The van der Waals surface area contributed by atoms with Crippen LogP contribution in [0.3, 0.4) is 0 Å². The van der Waals surface area contributed by atoms with Crippen molar-refractivity contribution in [1.82, 2.24) is 20.6 Å². The maximum absolute atomic E-state index is 13.4. The Bertz CT molecular complexity index is 2140. The van der Waals surface area contributed by atoms with Crippen LogP contribution < -0.4 is 16.0 Å². The van der Waals surface area contributed by atoms with Crippen LogP contribution in [0, 0.1) is 0 Å². The van der Waals surface area contributed by atoms with E-state index < -0.39 is 29.6 Å². The number of aromatic nitrogens is 2. The lowest BCUT2D eigenvalue weighted by Crippen LogP contribution is -2.41. The van der Waals surface area contributed by atoms with E-state index in [-0.39, 0.29) is 23.0 Å². The van der Waals surface area contributed by atoms with E-state index >= 15 is 0 Å². The van der Waals surface area contributed by atoms with Crippen LogP contribution in [0.4, 0.5) is 19.0 Å². The second kappa shape index (κ2) is 14.8. The number of amides is 3. The average Bonchev–Trinajstić information content (AvgIpc) is 3.14. The van der Waals surface area contributed by atoms with Gasteiger partial charge in [-0.25, -0.2) is 4.98 Å². The Morgan fingerprint density at radius 3 is 2.18 bits per heavy atom. The van der Waals surface area contributed by atoms with E-state index in [9.17, 15) is 27.6 Å². The lowest BCUT2D eigenvalue weighted by Gasteiger charge is -2.19. The van der Waals surface area contributed by atoms with Gasteiger partial charge in [-0.05, 0) is 72.1 Å². The fraction of sp³-hybridized carbons (Fsp3) is 0.103. The largest absolute Gasteiger partial charge is 0.416 e. The van der Waals surface area contributed by atoms with Crippen LogP contribution >= 0.6 is 0 Å². The Kier molecular flexibility index (Phi) is 9.94. The molecule has 0 radical (unpaired) electrons. The first kappa shape index (κ1) is 33.5. The molecule has 2 heterocycles. The number of carbonyl (C=O) groups excluding carboxylic acids is 3. The minimum Gasteiger partial charge on any atom is -0.354 e. The van der Waals surface area contributed by atoms with Gasteiger partial charge in [0.25, 0.3) is 11.8 Å². The molecule has 8 nitrogen and oxygen atoms in total. The first-order valence-electron chi connectivity index (χ1n) is 15.7. The van der Waals surface area contributed by atoms with Crippen LogP contribution in [0.2, 0.25) is 0 Å². The molecule has 3 amide bonds. The molecule has 0 saturated carbocycles. The Morgan fingerprint density at radius 1 is 0.740 bits per heavy atom. The monoisotopic (exact) mass is 673 g/mol. The molecule has 50 heavy (non-hydrogen) atoms. The van der Waals surface area contributed by atoms with Crippen LogP contribution in [-0.4, -0.2) is 34.2 Å². The zero-order chi connectivity index (χ0) is 35.1. The number of rotatable bonds is 10. The van der Waals surface area contributed by atoms with Gasteiger partial charge in [0.1, 0.15) is 11.9 Å². The molecule has 6 rings (SSSR count). The molecular weight excluding hydrogens is 643 g/mol. The van der Waals surface area contributed by atoms with Gasteiger partial charge >= 0.3 is 6.18 Å². The Hall–Kier alpha value is -6.36. The van der Waals surface area contributed by atoms with E-state index in [2.05, 4.69) is 25.9 Å². The molecule has 0 saturated heterocycles. The molecule has 3 N–H and O–H groups in total. The zero-order valence-corrected chi connectivity index (χ0v) is 26.4. The summed E-state index contributed by atoms with van der Waals surface area (Å²) in [5, 5.41) is 9.12. The first-order valence-corrected chi connectivity index (χ1v) is 15.7. The van der Waals surface area contributed by atoms with E-state index in [0.717, 1.165) is 17.7 Å². The van der Waals surface area contributed by atoms with Crippen molar-refractivity contribution in [3.63, 3.8) is 0 Å². The third kappa shape index (κ3) is 8.01. The fourth-order valence-corrected chi connectivity index (χ4v) is 5.39. The number of halogens is 3. The maximum Gasteiger partial charge on any atom is 0.416 e. The summed E-state index contributed by atoms with van der Waals surface area (Å²) in [6.07, 6.45) is -2.39. The highest BCUT2D eigenvalue weighted by atomic mass is 19.4. The van der Waals surface area contributed by atoms with E-state index in [4.69, 9.17) is 0 Å². The van der Waals surface area contributed by atoms with Crippen LogP contribution in [0.5, 0.6) is 0 Å². The molecule has 250 valence electrons. The minimum absolute atomic E-state index is 0.151. The number of carbonyl (C=O) groups is 3. The van der Waals surface area contributed by atoms with Crippen LogP contribution in [0.1, 0.15) is 43.4 Å². The lowest BCUT2D eigenvalue weighted by atomic mass is 10.0. The Labute approximate surface area is 285 Å². The zero-order valence-electron chi connectivity index (χ0n) is 26.4. The molecule has 0 unspecified atom stereocenters. The predicted molar refractivity (Wildman–Crippen MR) is 184 cm³/mol. The number of alkyl halides is 3. The highest BCUT2D eigenvalue weighted by Gasteiger charge is 2.30. The van der Waals surface area contributed by atoms with Gasteiger partial charge in [-0.3, -0.25) is 19.4 Å². The van der Waals surface area contributed by atoms with Gasteiger partial charge in [-0.2, -0.15) is 13.2 Å². The van der Waals surface area contributed by atoms with E-state index in [0.29, 0.717) is 40.6 Å². The predicted octanol–water partition coefficient (Wildman–Crippen LogP) is 7.40. The molecular formula is C39H30F3N5O3. The van der Waals surface area contributed by atoms with Crippen LogP contribution in [0.15, 0.2) is 134 Å². The Morgan fingerprint density at radius 2 is 1.46 bits per heavy atom. The number of fused-ring (bicyclic) bond motifs is 1. The van der Waals surface area contributed by atoms with Crippen molar-refractivity contribution in [3.8, 4) is 11.3 Å². The topological polar surface area (TPSA) is 113 Å². The molecule has 1 atom stereocenters. The summed E-state index contributed by atoms with van der Waals surface area (Å²) in [6.45, 7) is 0.402. The molecule has 0 fully saturated rings. The van der Waals surface area contributed by atoms with Gasteiger partial charge < -0.3 is 16.0 Å². The third-order valence-electron chi connectivity index (χ3n) is 7.96. The van der Waals surface area contributed by atoms with Crippen molar-refractivity contribution in [2.24, 2.45) is 0 Å². The fourth-order valence-electron chi connectivity index (χ4n) is 5.39. The highest BCUT2D eigenvalue weighted by Crippen LogP contribution is 2.31. The molecule has 2 aromatic heterocycles. The number of hydrogen-bond acceptors (Lipinski definition) is 5. The van der Waals surface area contributed by atoms with E-state index in [1.807, 2.05) is 36.4 Å². The summed E-state index contributed by atoms with van der Waals surface area (Å²) in [6, 6.07) is 33.4. The van der Waals surface area contributed by atoms with Gasteiger partial charge in [-0.1, -0.05) is 72.8 Å². The Balaban J connectivity index is 1.15. The molecule has 0 spiro atoms. The molecule has 6 aromatic rings.